The summed E-state index contributed by atoms with van der Waals surface area (Å²) in [6.07, 6.45) is 1.95. The summed E-state index contributed by atoms with van der Waals surface area (Å²) in [5.41, 5.74) is 0.582. The van der Waals surface area contributed by atoms with Gasteiger partial charge in [-0.2, -0.15) is 0 Å². The quantitative estimate of drug-likeness (QED) is 0.729. The summed E-state index contributed by atoms with van der Waals surface area (Å²) >= 11 is 0. The van der Waals surface area contributed by atoms with E-state index in [9.17, 15) is 13.2 Å². The summed E-state index contributed by atoms with van der Waals surface area (Å²) < 4.78 is 26.9. The van der Waals surface area contributed by atoms with Gasteiger partial charge in [0.15, 0.2) is 0 Å². The van der Waals surface area contributed by atoms with E-state index >= 15 is 0 Å². The van der Waals surface area contributed by atoms with Crippen LogP contribution >= 0.6 is 0 Å². The number of hydrogen-bond acceptors (Lipinski definition) is 4. The van der Waals surface area contributed by atoms with E-state index in [0.29, 0.717) is 18.2 Å². The molecule has 21 heavy (non-hydrogen) atoms. The molecule has 0 aliphatic carbocycles. The first-order chi connectivity index (χ1) is 9.97. The molecule has 1 fully saturated rings. The van der Waals surface area contributed by atoms with E-state index in [0.717, 1.165) is 25.9 Å². The highest BCUT2D eigenvalue weighted by atomic mass is 32.2. The van der Waals surface area contributed by atoms with Crippen LogP contribution in [0.4, 0.5) is 5.69 Å². The van der Waals surface area contributed by atoms with Crippen LogP contribution in [0.25, 0.3) is 0 Å². The van der Waals surface area contributed by atoms with Crippen LogP contribution in [0, 0.1) is 5.92 Å². The minimum Gasteiger partial charge on any atom is -0.326 e. The lowest BCUT2D eigenvalue weighted by Crippen LogP contribution is -2.26. The number of carbonyl (C=O) groups is 1. The van der Waals surface area contributed by atoms with Crippen molar-refractivity contribution in [2.24, 2.45) is 5.92 Å². The molecule has 1 aromatic carbocycles. The number of amides is 1. The van der Waals surface area contributed by atoms with Crippen LogP contribution in [0.15, 0.2) is 29.2 Å². The molecule has 0 saturated carbocycles. The number of hydrogen-bond donors (Lipinski definition) is 3. The molecule has 1 aromatic rings. The van der Waals surface area contributed by atoms with Gasteiger partial charge in [-0.1, -0.05) is 0 Å². The summed E-state index contributed by atoms with van der Waals surface area (Å²) in [6, 6.07) is 6.14. The molecule has 0 spiro atoms. The topological polar surface area (TPSA) is 87.3 Å². The van der Waals surface area contributed by atoms with Crippen LogP contribution in [0.5, 0.6) is 0 Å². The van der Waals surface area contributed by atoms with Crippen LogP contribution in [0.3, 0.4) is 0 Å². The summed E-state index contributed by atoms with van der Waals surface area (Å²) in [5, 5.41) is 5.86. The SMILES string of the molecule is CC(=O)Nc1ccc(S(=O)(=O)NCCC2CCNC2)cc1. The summed E-state index contributed by atoms with van der Waals surface area (Å²) in [4.78, 5) is 11.1. The molecule has 6 nitrogen and oxygen atoms in total. The van der Waals surface area contributed by atoms with Crippen molar-refractivity contribution in [3.63, 3.8) is 0 Å². The zero-order valence-corrected chi connectivity index (χ0v) is 12.9. The van der Waals surface area contributed by atoms with E-state index < -0.39 is 10.0 Å². The third-order valence-electron chi connectivity index (χ3n) is 3.49. The third kappa shape index (κ3) is 4.80. The maximum atomic E-state index is 12.1. The fourth-order valence-corrected chi connectivity index (χ4v) is 3.41. The van der Waals surface area contributed by atoms with Gasteiger partial charge in [-0.15, -0.1) is 0 Å². The molecule has 116 valence electrons. The van der Waals surface area contributed by atoms with Crippen molar-refractivity contribution in [2.75, 3.05) is 25.0 Å². The van der Waals surface area contributed by atoms with Crippen LogP contribution in [0.2, 0.25) is 0 Å². The summed E-state index contributed by atoms with van der Waals surface area (Å²) in [7, 11) is -3.48. The fourth-order valence-electron chi connectivity index (χ4n) is 2.36. The van der Waals surface area contributed by atoms with E-state index in [1.165, 1.54) is 19.1 Å². The number of anilines is 1. The lowest BCUT2D eigenvalue weighted by atomic mass is 10.1. The van der Waals surface area contributed by atoms with Crippen molar-refractivity contribution in [3.05, 3.63) is 24.3 Å². The summed E-state index contributed by atoms with van der Waals surface area (Å²) in [5.74, 6) is 0.365. The van der Waals surface area contributed by atoms with Crippen molar-refractivity contribution in [2.45, 2.75) is 24.7 Å². The Kier molecular flexibility index (Phi) is 5.33. The van der Waals surface area contributed by atoms with Gasteiger partial charge in [-0.05, 0) is 56.1 Å². The first kappa shape index (κ1) is 15.9. The second-order valence-electron chi connectivity index (χ2n) is 5.25. The van der Waals surface area contributed by atoms with Gasteiger partial charge in [0.2, 0.25) is 15.9 Å². The average Bonchev–Trinajstić information content (AvgIpc) is 2.91. The minimum atomic E-state index is -3.48. The zero-order chi connectivity index (χ0) is 15.3. The zero-order valence-electron chi connectivity index (χ0n) is 12.1. The highest BCUT2D eigenvalue weighted by Crippen LogP contribution is 2.15. The monoisotopic (exact) mass is 311 g/mol. The molecule has 1 aliphatic heterocycles. The molecule has 1 atom stereocenters. The largest absolute Gasteiger partial charge is 0.326 e. The van der Waals surface area contributed by atoms with Crippen LogP contribution in [-0.4, -0.2) is 34.0 Å². The van der Waals surface area contributed by atoms with Crippen molar-refractivity contribution in [1.82, 2.24) is 10.0 Å². The van der Waals surface area contributed by atoms with Gasteiger partial charge in [0.1, 0.15) is 0 Å². The molecule has 1 unspecified atom stereocenters. The fraction of sp³-hybridized carbons (Fsp3) is 0.500. The van der Waals surface area contributed by atoms with E-state index in [2.05, 4.69) is 15.4 Å². The number of benzene rings is 1. The Balaban J connectivity index is 1.90. The predicted octanol–water partition coefficient (Wildman–Crippen LogP) is 0.923. The van der Waals surface area contributed by atoms with Crippen LogP contribution in [-0.2, 0) is 14.8 Å². The molecular weight excluding hydrogens is 290 g/mol. The van der Waals surface area contributed by atoms with Crippen molar-refractivity contribution >= 4 is 21.6 Å². The molecule has 0 bridgehead atoms. The Hall–Kier alpha value is -1.44. The molecule has 1 saturated heterocycles. The number of rotatable bonds is 6. The molecule has 1 amide bonds. The van der Waals surface area contributed by atoms with Gasteiger partial charge < -0.3 is 10.6 Å². The molecule has 1 aliphatic rings. The summed E-state index contributed by atoms with van der Waals surface area (Å²) in [6.45, 7) is 3.83. The van der Waals surface area contributed by atoms with Crippen LogP contribution in [0.1, 0.15) is 19.8 Å². The molecule has 3 N–H and O–H groups in total. The molecule has 2 rings (SSSR count). The molecule has 0 aromatic heterocycles. The highest BCUT2D eigenvalue weighted by molar-refractivity contribution is 7.89. The van der Waals surface area contributed by atoms with Gasteiger partial charge in [0, 0.05) is 19.2 Å². The Labute approximate surface area is 125 Å². The first-order valence-electron chi connectivity index (χ1n) is 7.05. The maximum Gasteiger partial charge on any atom is 0.240 e. The van der Waals surface area contributed by atoms with Gasteiger partial charge in [0.25, 0.3) is 0 Å². The van der Waals surface area contributed by atoms with Crippen molar-refractivity contribution < 1.29 is 13.2 Å². The van der Waals surface area contributed by atoms with E-state index in [1.54, 1.807) is 12.1 Å². The Morgan fingerprint density at radius 3 is 2.62 bits per heavy atom. The minimum absolute atomic E-state index is 0.186. The van der Waals surface area contributed by atoms with E-state index in [1.807, 2.05) is 0 Å². The third-order valence-corrected chi connectivity index (χ3v) is 4.97. The standard InChI is InChI=1S/C14H21N3O3S/c1-11(18)17-13-2-4-14(5-3-13)21(19,20)16-9-7-12-6-8-15-10-12/h2-5,12,15-16H,6-10H2,1H3,(H,17,18). The van der Waals surface area contributed by atoms with Gasteiger partial charge in [0.05, 0.1) is 4.90 Å². The molecule has 0 radical (unpaired) electrons. The lowest BCUT2D eigenvalue weighted by Gasteiger charge is -2.10. The van der Waals surface area contributed by atoms with Gasteiger partial charge >= 0.3 is 0 Å². The van der Waals surface area contributed by atoms with Crippen molar-refractivity contribution in [1.29, 1.82) is 0 Å². The normalized spacial score (nSPS) is 18.6. The molecular formula is C14H21N3O3S. The second kappa shape index (κ2) is 7.02. The molecule has 7 heteroatoms. The van der Waals surface area contributed by atoms with Gasteiger partial charge in [-0.25, -0.2) is 13.1 Å². The molecule has 1 heterocycles. The van der Waals surface area contributed by atoms with Crippen LogP contribution < -0.4 is 15.4 Å². The predicted molar refractivity (Wildman–Crippen MR) is 81.5 cm³/mol. The number of sulfonamides is 1. The van der Waals surface area contributed by atoms with Gasteiger partial charge in [-0.3, -0.25) is 4.79 Å². The maximum absolute atomic E-state index is 12.1. The highest BCUT2D eigenvalue weighted by Gasteiger charge is 2.17. The number of carbonyl (C=O) groups excluding carboxylic acids is 1. The average molecular weight is 311 g/mol. The Bertz CT molecular complexity index is 578. The lowest BCUT2D eigenvalue weighted by molar-refractivity contribution is -0.114. The van der Waals surface area contributed by atoms with Crippen molar-refractivity contribution in [3.8, 4) is 0 Å². The van der Waals surface area contributed by atoms with E-state index in [-0.39, 0.29) is 10.8 Å². The Morgan fingerprint density at radius 2 is 2.05 bits per heavy atom. The second-order valence-corrected chi connectivity index (χ2v) is 7.02. The first-order valence-corrected chi connectivity index (χ1v) is 8.54. The smallest absolute Gasteiger partial charge is 0.240 e. The number of nitrogens with one attached hydrogen (secondary N) is 3. The Morgan fingerprint density at radius 1 is 1.33 bits per heavy atom. The van der Waals surface area contributed by atoms with E-state index in [4.69, 9.17) is 0 Å².